The summed E-state index contributed by atoms with van der Waals surface area (Å²) < 4.78 is 1.62. The lowest BCUT2D eigenvalue weighted by atomic mass is 10.2. The molecule has 0 aliphatic rings. The van der Waals surface area contributed by atoms with Gasteiger partial charge in [-0.2, -0.15) is 0 Å². The van der Waals surface area contributed by atoms with E-state index in [0.29, 0.717) is 0 Å². The molecule has 0 N–H and O–H groups in total. The lowest BCUT2D eigenvalue weighted by Gasteiger charge is -2.17. The molecule has 0 aliphatic heterocycles. The number of para-hydroxylation sites is 2. The van der Waals surface area contributed by atoms with Gasteiger partial charge < -0.3 is 4.90 Å². The molecule has 1 aromatic heterocycles. The Bertz CT molecular complexity index is 837. The number of amides is 1. The number of hydrogen-bond donors (Lipinski definition) is 0. The average molecular weight is 306 g/mol. The number of hydrogen-bond acceptors (Lipinski definition) is 2. The summed E-state index contributed by atoms with van der Waals surface area (Å²) in [6, 6.07) is 19.0. The van der Waals surface area contributed by atoms with Crippen LogP contribution in [0.1, 0.15) is 17.6 Å². The van der Waals surface area contributed by atoms with Crippen molar-refractivity contribution in [2.75, 3.05) is 11.9 Å². The number of carbonyl (C=O) groups excluding carboxylic acids is 2. The van der Waals surface area contributed by atoms with E-state index in [0.717, 1.165) is 16.6 Å². The molecule has 0 saturated heterocycles. The van der Waals surface area contributed by atoms with Crippen molar-refractivity contribution in [1.29, 1.82) is 0 Å². The molecule has 2 aromatic carbocycles. The van der Waals surface area contributed by atoms with Crippen LogP contribution in [0.3, 0.4) is 0 Å². The highest BCUT2D eigenvalue weighted by Crippen LogP contribution is 2.17. The molecule has 0 atom stereocenters. The Morgan fingerprint density at radius 1 is 0.913 bits per heavy atom. The highest BCUT2D eigenvalue weighted by atomic mass is 16.2. The maximum atomic E-state index is 12.4. The molecular weight excluding hydrogens is 288 g/mol. The highest BCUT2D eigenvalue weighted by Gasteiger charge is 2.14. The van der Waals surface area contributed by atoms with Crippen LogP contribution in [-0.4, -0.2) is 23.4 Å². The topological polar surface area (TPSA) is 42.3 Å². The van der Waals surface area contributed by atoms with Gasteiger partial charge in [0.25, 0.3) is 0 Å². The molecule has 1 heterocycles. The molecule has 0 bridgehead atoms. The number of benzene rings is 2. The predicted octanol–water partition coefficient (Wildman–Crippen LogP) is 3.72. The molecule has 116 valence electrons. The van der Waals surface area contributed by atoms with Gasteiger partial charge in [0.05, 0.1) is 5.52 Å². The third-order valence-corrected chi connectivity index (χ3v) is 3.94. The number of fused-ring (bicyclic) bond motifs is 1. The van der Waals surface area contributed by atoms with Crippen molar-refractivity contribution >= 4 is 28.4 Å². The van der Waals surface area contributed by atoms with Crippen molar-refractivity contribution in [3.8, 4) is 0 Å². The molecule has 0 saturated carbocycles. The van der Waals surface area contributed by atoms with E-state index in [4.69, 9.17) is 0 Å². The van der Waals surface area contributed by atoms with Crippen LogP contribution in [0, 0.1) is 0 Å². The number of aromatic nitrogens is 1. The largest absolute Gasteiger partial charge is 0.315 e. The molecule has 0 aliphatic carbocycles. The Balaban J connectivity index is 1.66. The maximum absolute atomic E-state index is 12.4. The normalized spacial score (nSPS) is 10.7. The summed E-state index contributed by atoms with van der Waals surface area (Å²) >= 11 is 0. The van der Waals surface area contributed by atoms with E-state index in [1.807, 2.05) is 60.7 Å². The van der Waals surface area contributed by atoms with Crippen LogP contribution in [0.25, 0.3) is 10.9 Å². The van der Waals surface area contributed by atoms with Crippen molar-refractivity contribution in [1.82, 2.24) is 4.57 Å². The Morgan fingerprint density at radius 2 is 1.61 bits per heavy atom. The van der Waals surface area contributed by atoms with Gasteiger partial charge in [0.2, 0.25) is 11.8 Å². The highest BCUT2D eigenvalue weighted by molar-refractivity contribution is 5.97. The number of nitrogens with zero attached hydrogens (tertiary/aromatic N) is 2. The zero-order valence-corrected chi connectivity index (χ0v) is 13.0. The second-order valence-electron chi connectivity index (χ2n) is 5.43. The molecule has 0 unspecified atom stereocenters. The Kier molecular flexibility index (Phi) is 4.24. The van der Waals surface area contributed by atoms with Crippen LogP contribution < -0.4 is 4.90 Å². The summed E-state index contributed by atoms with van der Waals surface area (Å²) in [6.07, 6.45) is 2.14. The molecule has 23 heavy (non-hydrogen) atoms. The van der Waals surface area contributed by atoms with Crippen LogP contribution in [0.15, 0.2) is 66.9 Å². The smallest absolute Gasteiger partial charge is 0.231 e. The third kappa shape index (κ3) is 3.16. The zero-order valence-electron chi connectivity index (χ0n) is 13.0. The van der Waals surface area contributed by atoms with Gasteiger partial charge in [-0.25, -0.2) is 0 Å². The number of anilines is 1. The van der Waals surface area contributed by atoms with E-state index in [9.17, 15) is 9.59 Å². The fraction of sp³-hybridized carbons (Fsp3) is 0.158. The summed E-state index contributed by atoms with van der Waals surface area (Å²) in [5.74, 6) is -0.137. The minimum Gasteiger partial charge on any atom is -0.315 e. The monoisotopic (exact) mass is 306 g/mol. The van der Waals surface area contributed by atoms with Crippen molar-refractivity contribution < 1.29 is 9.59 Å². The first-order valence-electron chi connectivity index (χ1n) is 7.58. The minimum atomic E-state index is -0.0685. The van der Waals surface area contributed by atoms with Crippen molar-refractivity contribution in [2.45, 2.75) is 12.8 Å². The van der Waals surface area contributed by atoms with E-state index in [2.05, 4.69) is 0 Å². The predicted molar refractivity (Wildman–Crippen MR) is 91.7 cm³/mol. The molecule has 0 fully saturated rings. The maximum Gasteiger partial charge on any atom is 0.231 e. The number of carbonyl (C=O) groups is 2. The van der Waals surface area contributed by atoms with Crippen LogP contribution in [0.5, 0.6) is 0 Å². The second kappa shape index (κ2) is 6.48. The first-order valence-corrected chi connectivity index (χ1v) is 7.58. The SMILES string of the molecule is CN(C(=O)CCC(=O)n1ccc2ccccc21)c1ccccc1. The Labute approximate surface area is 134 Å². The van der Waals surface area contributed by atoms with Gasteiger partial charge in [0, 0.05) is 37.2 Å². The molecule has 1 amide bonds. The van der Waals surface area contributed by atoms with Crippen LogP contribution in [0.4, 0.5) is 5.69 Å². The molecule has 3 aromatic rings. The summed E-state index contributed by atoms with van der Waals surface area (Å²) in [4.78, 5) is 26.2. The van der Waals surface area contributed by atoms with E-state index in [1.54, 1.807) is 22.7 Å². The van der Waals surface area contributed by atoms with Gasteiger partial charge in [0.1, 0.15) is 0 Å². The second-order valence-corrected chi connectivity index (χ2v) is 5.43. The Morgan fingerprint density at radius 3 is 2.39 bits per heavy atom. The lowest BCUT2D eigenvalue weighted by molar-refractivity contribution is -0.118. The molecule has 0 spiro atoms. The first-order chi connectivity index (χ1) is 11.2. The van der Waals surface area contributed by atoms with Gasteiger partial charge in [0.15, 0.2) is 0 Å². The van der Waals surface area contributed by atoms with E-state index in [-0.39, 0.29) is 24.7 Å². The summed E-state index contributed by atoms with van der Waals surface area (Å²) in [7, 11) is 1.73. The fourth-order valence-electron chi connectivity index (χ4n) is 2.60. The minimum absolute atomic E-state index is 0.0685. The molecule has 4 nitrogen and oxygen atoms in total. The van der Waals surface area contributed by atoms with E-state index >= 15 is 0 Å². The lowest BCUT2D eigenvalue weighted by Crippen LogP contribution is -2.27. The van der Waals surface area contributed by atoms with Crippen molar-refractivity contribution in [3.63, 3.8) is 0 Å². The molecular formula is C19H18N2O2. The van der Waals surface area contributed by atoms with Gasteiger partial charge in [-0.1, -0.05) is 36.4 Å². The van der Waals surface area contributed by atoms with E-state index in [1.165, 1.54) is 0 Å². The summed E-state index contributed by atoms with van der Waals surface area (Å²) in [5.41, 5.74) is 1.71. The van der Waals surface area contributed by atoms with Gasteiger partial charge in [-0.15, -0.1) is 0 Å². The summed E-state index contributed by atoms with van der Waals surface area (Å²) in [5, 5.41) is 1.02. The van der Waals surface area contributed by atoms with Gasteiger partial charge >= 0.3 is 0 Å². The van der Waals surface area contributed by atoms with Crippen molar-refractivity contribution in [3.05, 3.63) is 66.9 Å². The van der Waals surface area contributed by atoms with Gasteiger partial charge in [-0.3, -0.25) is 14.2 Å². The number of rotatable bonds is 4. The molecule has 3 rings (SSSR count). The fourth-order valence-corrected chi connectivity index (χ4v) is 2.60. The average Bonchev–Trinajstić information content (AvgIpc) is 3.03. The van der Waals surface area contributed by atoms with Crippen molar-refractivity contribution in [2.24, 2.45) is 0 Å². The van der Waals surface area contributed by atoms with Crippen LogP contribution >= 0.6 is 0 Å². The Hall–Kier alpha value is -2.88. The summed E-state index contributed by atoms with van der Waals surface area (Å²) in [6.45, 7) is 0. The zero-order chi connectivity index (χ0) is 16.2. The van der Waals surface area contributed by atoms with E-state index < -0.39 is 0 Å². The third-order valence-electron chi connectivity index (χ3n) is 3.94. The molecule has 4 heteroatoms. The standard InChI is InChI=1S/C19H18N2O2/c1-20(16-8-3-2-4-9-16)18(22)11-12-19(23)21-14-13-15-7-5-6-10-17(15)21/h2-10,13-14H,11-12H2,1H3. The quantitative estimate of drug-likeness (QED) is 0.737. The van der Waals surface area contributed by atoms with Crippen LogP contribution in [-0.2, 0) is 4.79 Å². The first kappa shape index (κ1) is 15.0. The van der Waals surface area contributed by atoms with Gasteiger partial charge in [-0.05, 0) is 24.3 Å². The molecule has 0 radical (unpaired) electrons. The van der Waals surface area contributed by atoms with Crippen LogP contribution in [0.2, 0.25) is 0 Å².